The van der Waals surface area contributed by atoms with E-state index in [0.717, 1.165) is 0 Å². The van der Waals surface area contributed by atoms with E-state index in [4.69, 9.17) is 21.8 Å². The van der Waals surface area contributed by atoms with Gasteiger partial charge in [-0.25, -0.2) is 0 Å². The van der Waals surface area contributed by atoms with Crippen LogP contribution < -0.4 is 0 Å². The molecule has 0 bridgehead atoms. The van der Waals surface area contributed by atoms with Crippen LogP contribution in [-0.4, -0.2) is 28.0 Å². The molecule has 0 aromatic rings. The van der Waals surface area contributed by atoms with Gasteiger partial charge in [0.1, 0.15) is 0 Å². The van der Waals surface area contributed by atoms with Crippen LogP contribution in [0.4, 0.5) is 0 Å². The zero-order valence-corrected chi connectivity index (χ0v) is 9.12. The summed E-state index contributed by atoms with van der Waals surface area (Å²) < 4.78 is 0. The summed E-state index contributed by atoms with van der Waals surface area (Å²) in [6, 6.07) is 0. The summed E-state index contributed by atoms with van der Waals surface area (Å²) in [6.45, 7) is 1.51. The molecule has 0 aliphatic heterocycles. The first-order chi connectivity index (χ1) is 6.86. The number of halogens is 1. The zero-order chi connectivity index (χ0) is 11.7. The van der Waals surface area contributed by atoms with Crippen molar-refractivity contribution in [1.29, 1.82) is 0 Å². The fourth-order valence-corrected chi connectivity index (χ4v) is 2.17. The predicted molar refractivity (Wildman–Crippen MR) is 54.9 cm³/mol. The molecule has 0 radical (unpaired) electrons. The number of carbonyl (C=O) groups is 2. The molecule has 4 nitrogen and oxygen atoms in total. The number of aliphatic carboxylic acids is 2. The highest BCUT2D eigenvalue weighted by molar-refractivity contribution is 6.19. The maximum Gasteiger partial charge on any atom is 0.313 e. The Hall–Kier alpha value is -1.03. The van der Waals surface area contributed by atoms with Crippen molar-refractivity contribution in [2.45, 2.75) is 19.8 Å². The summed E-state index contributed by atoms with van der Waals surface area (Å²) in [6.07, 6.45) is 3.45. The minimum Gasteiger partial charge on any atom is -0.481 e. The Bertz CT molecular complexity index is 325. The number of alkyl halides is 1. The van der Waals surface area contributed by atoms with E-state index >= 15 is 0 Å². The van der Waals surface area contributed by atoms with Gasteiger partial charge in [0.05, 0.1) is 10.8 Å². The molecule has 2 N–H and O–H groups in total. The minimum absolute atomic E-state index is 0.0324. The Labute approximate surface area is 92.5 Å². The third-order valence-electron chi connectivity index (χ3n) is 2.90. The average molecular weight is 233 g/mol. The van der Waals surface area contributed by atoms with E-state index in [-0.39, 0.29) is 18.7 Å². The summed E-state index contributed by atoms with van der Waals surface area (Å²) in [5.74, 6) is -2.13. The molecule has 0 saturated carbocycles. The van der Waals surface area contributed by atoms with Crippen molar-refractivity contribution in [1.82, 2.24) is 0 Å². The van der Waals surface area contributed by atoms with Crippen LogP contribution in [0, 0.1) is 10.8 Å². The Morgan fingerprint density at radius 1 is 1.40 bits per heavy atom. The molecule has 1 rings (SSSR count). The van der Waals surface area contributed by atoms with Gasteiger partial charge in [-0.2, -0.15) is 0 Å². The van der Waals surface area contributed by atoms with E-state index in [9.17, 15) is 9.59 Å². The summed E-state index contributed by atoms with van der Waals surface area (Å²) >= 11 is 5.66. The van der Waals surface area contributed by atoms with E-state index in [0.29, 0.717) is 0 Å². The molecular weight excluding hydrogens is 220 g/mol. The fraction of sp³-hybridized carbons (Fsp3) is 0.600. The van der Waals surface area contributed by atoms with Gasteiger partial charge in [-0.3, -0.25) is 9.59 Å². The van der Waals surface area contributed by atoms with Gasteiger partial charge >= 0.3 is 11.9 Å². The van der Waals surface area contributed by atoms with Crippen LogP contribution in [0.5, 0.6) is 0 Å². The molecule has 1 aliphatic rings. The fourth-order valence-electron chi connectivity index (χ4n) is 1.85. The van der Waals surface area contributed by atoms with Crippen molar-refractivity contribution in [3.05, 3.63) is 12.2 Å². The molecule has 2 unspecified atom stereocenters. The highest BCUT2D eigenvalue weighted by Crippen LogP contribution is 2.43. The minimum atomic E-state index is -1.15. The molecule has 0 heterocycles. The number of carboxylic acids is 2. The Morgan fingerprint density at radius 2 is 2.00 bits per heavy atom. The molecule has 5 heteroatoms. The predicted octanol–water partition coefficient (Wildman–Crippen LogP) is 1.74. The SMILES string of the molecule is CC1(C(=O)O)C=CCC(CCl)(C(=O)O)C1. The summed E-state index contributed by atoms with van der Waals surface area (Å²) in [4.78, 5) is 22.1. The van der Waals surface area contributed by atoms with Gasteiger partial charge in [-0.05, 0) is 19.8 Å². The molecule has 2 atom stereocenters. The lowest BCUT2D eigenvalue weighted by Crippen LogP contribution is -2.43. The molecule has 0 spiro atoms. The monoisotopic (exact) mass is 232 g/mol. The highest BCUT2D eigenvalue weighted by atomic mass is 35.5. The normalized spacial score (nSPS) is 35.1. The van der Waals surface area contributed by atoms with Crippen LogP contribution in [0.2, 0.25) is 0 Å². The summed E-state index contributed by atoms with van der Waals surface area (Å²) in [5, 5.41) is 18.1. The second-order valence-electron chi connectivity index (χ2n) is 4.23. The maximum absolute atomic E-state index is 11.1. The molecule has 1 aliphatic carbocycles. The van der Waals surface area contributed by atoms with E-state index < -0.39 is 22.8 Å². The van der Waals surface area contributed by atoms with Crippen molar-refractivity contribution in [2.24, 2.45) is 10.8 Å². The van der Waals surface area contributed by atoms with E-state index in [2.05, 4.69) is 0 Å². The van der Waals surface area contributed by atoms with Crippen LogP contribution in [0.25, 0.3) is 0 Å². The third kappa shape index (κ3) is 2.00. The summed E-state index contributed by atoms with van der Waals surface area (Å²) in [7, 11) is 0. The van der Waals surface area contributed by atoms with Crippen LogP contribution >= 0.6 is 11.6 Å². The van der Waals surface area contributed by atoms with Gasteiger partial charge in [-0.15, -0.1) is 11.6 Å². The second-order valence-corrected chi connectivity index (χ2v) is 4.49. The number of rotatable bonds is 3. The Morgan fingerprint density at radius 3 is 2.40 bits per heavy atom. The maximum atomic E-state index is 11.1. The zero-order valence-electron chi connectivity index (χ0n) is 8.36. The van der Waals surface area contributed by atoms with Gasteiger partial charge in [-0.1, -0.05) is 12.2 Å². The summed E-state index contributed by atoms with van der Waals surface area (Å²) in [5.41, 5.74) is -2.28. The number of allylic oxidation sites excluding steroid dienone is 1. The van der Waals surface area contributed by atoms with Crippen molar-refractivity contribution in [2.75, 3.05) is 5.88 Å². The molecular formula is C10H13ClO4. The average Bonchev–Trinajstić information content (AvgIpc) is 2.17. The van der Waals surface area contributed by atoms with E-state index in [1.165, 1.54) is 6.92 Å². The Kier molecular flexibility index (Phi) is 3.09. The first-order valence-electron chi connectivity index (χ1n) is 4.57. The first kappa shape index (κ1) is 12.0. The van der Waals surface area contributed by atoms with Gasteiger partial charge in [0.15, 0.2) is 0 Å². The quantitative estimate of drug-likeness (QED) is 0.574. The topological polar surface area (TPSA) is 74.6 Å². The standard InChI is InChI=1S/C10H13ClO4/c1-9(7(12)13)3-2-4-10(5-9,6-11)8(14)15/h2-3H,4-6H2,1H3,(H,12,13)(H,14,15). The molecule has 0 amide bonds. The lowest BCUT2D eigenvalue weighted by atomic mass is 9.67. The van der Waals surface area contributed by atoms with Crippen LogP contribution in [0.1, 0.15) is 19.8 Å². The molecule has 0 aromatic heterocycles. The van der Waals surface area contributed by atoms with Crippen LogP contribution in [0.15, 0.2) is 12.2 Å². The third-order valence-corrected chi connectivity index (χ3v) is 3.41. The van der Waals surface area contributed by atoms with E-state index in [1.807, 2.05) is 0 Å². The number of carboxylic acid groups (broad SMARTS) is 2. The van der Waals surface area contributed by atoms with Crippen molar-refractivity contribution < 1.29 is 19.8 Å². The molecule has 0 saturated heterocycles. The number of hydrogen-bond acceptors (Lipinski definition) is 2. The largest absolute Gasteiger partial charge is 0.481 e. The van der Waals surface area contributed by atoms with E-state index in [1.54, 1.807) is 12.2 Å². The van der Waals surface area contributed by atoms with Gasteiger partial charge in [0.25, 0.3) is 0 Å². The molecule has 0 fully saturated rings. The van der Waals surface area contributed by atoms with Crippen LogP contribution in [0.3, 0.4) is 0 Å². The lowest BCUT2D eigenvalue weighted by Gasteiger charge is -2.36. The molecule has 84 valence electrons. The smallest absolute Gasteiger partial charge is 0.313 e. The van der Waals surface area contributed by atoms with Gasteiger partial charge in [0, 0.05) is 5.88 Å². The first-order valence-corrected chi connectivity index (χ1v) is 5.10. The van der Waals surface area contributed by atoms with Crippen molar-refractivity contribution >= 4 is 23.5 Å². The highest BCUT2D eigenvalue weighted by Gasteiger charge is 2.48. The van der Waals surface area contributed by atoms with Gasteiger partial charge < -0.3 is 10.2 Å². The van der Waals surface area contributed by atoms with Crippen molar-refractivity contribution in [3.8, 4) is 0 Å². The second kappa shape index (κ2) is 3.85. The van der Waals surface area contributed by atoms with Crippen molar-refractivity contribution in [3.63, 3.8) is 0 Å². The molecule has 0 aromatic carbocycles. The number of hydrogen-bond donors (Lipinski definition) is 2. The lowest BCUT2D eigenvalue weighted by molar-refractivity contribution is -0.154. The van der Waals surface area contributed by atoms with Crippen LogP contribution in [-0.2, 0) is 9.59 Å². The molecule has 15 heavy (non-hydrogen) atoms. The Balaban J connectivity index is 3.06. The van der Waals surface area contributed by atoms with Gasteiger partial charge in [0.2, 0.25) is 0 Å².